The third kappa shape index (κ3) is 6.00. The second-order valence-electron chi connectivity index (χ2n) is 5.88. The molecule has 1 unspecified atom stereocenters. The molecule has 0 aliphatic rings. The number of carboxylic acid groups (broad SMARTS) is 1. The first-order chi connectivity index (χ1) is 9.70. The van der Waals surface area contributed by atoms with Crippen LogP contribution >= 0.6 is 11.6 Å². The van der Waals surface area contributed by atoms with Crippen molar-refractivity contribution in [1.29, 1.82) is 0 Å². The van der Waals surface area contributed by atoms with E-state index in [9.17, 15) is 9.59 Å². The lowest BCUT2D eigenvalue weighted by Gasteiger charge is -2.29. The summed E-state index contributed by atoms with van der Waals surface area (Å²) in [4.78, 5) is 22.8. The molecule has 0 aliphatic carbocycles. The molecule has 0 spiro atoms. The maximum atomic E-state index is 11.9. The summed E-state index contributed by atoms with van der Waals surface area (Å²) in [6.07, 6.45) is 2.86. The maximum Gasteiger partial charge on any atom is 0.305 e. The lowest BCUT2D eigenvalue weighted by molar-refractivity contribution is -0.138. The molecule has 2 N–H and O–H groups in total. The van der Waals surface area contributed by atoms with Gasteiger partial charge < -0.3 is 10.4 Å². The first kappa shape index (κ1) is 17.2. The zero-order valence-corrected chi connectivity index (χ0v) is 13.1. The standard InChI is InChI=1S/C16H20ClNO3/c1-16(2,3)13(10-15(20)21)18-14(19)9-8-11-6-4-5-7-12(11)17/h4-9,13H,10H2,1-3H3,(H,18,19)(H,20,21)/b9-8+. The van der Waals surface area contributed by atoms with E-state index in [1.165, 1.54) is 6.08 Å². The van der Waals surface area contributed by atoms with E-state index in [0.717, 1.165) is 5.56 Å². The van der Waals surface area contributed by atoms with Gasteiger partial charge in [-0.3, -0.25) is 9.59 Å². The highest BCUT2D eigenvalue weighted by Gasteiger charge is 2.27. The van der Waals surface area contributed by atoms with E-state index in [2.05, 4.69) is 5.32 Å². The summed E-state index contributed by atoms with van der Waals surface area (Å²) >= 11 is 5.99. The van der Waals surface area contributed by atoms with Crippen LogP contribution in [0.3, 0.4) is 0 Å². The Balaban J connectivity index is 2.75. The van der Waals surface area contributed by atoms with Gasteiger partial charge in [0.2, 0.25) is 5.91 Å². The molecular formula is C16H20ClNO3. The van der Waals surface area contributed by atoms with Gasteiger partial charge in [0.05, 0.1) is 6.42 Å². The average molecular weight is 310 g/mol. The minimum absolute atomic E-state index is 0.116. The molecule has 1 atom stereocenters. The van der Waals surface area contributed by atoms with Gasteiger partial charge in [-0.25, -0.2) is 0 Å². The molecule has 1 aromatic rings. The summed E-state index contributed by atoms with van der Waals surface area (Å²) < 4.78 is 0. The lowest BCUT2D eigenvalue weighted by atomic mass is 9.84. The number of hydrogen-bond donors (Lipinski definition) is 2. The van der Waals surface area contributed by atoms with Gasteiger partial charge in [-0.1, -0.05) is 50.6 Å². The molecule has 21 heavy (non-hydrogen) atoms. The maximum absolute atomic E-state index is 11.9. The summed E-state index contributed by atoms with van der Waals surface area (Å²) in [5.41, 5.74) is 0.395. The first-order valence-electron chi connectivity index (χ1n) is 6.65. The number of halogens is 1. The number of carbonyl (C=O) groups is 2. The van der Waals surface area contributed by atoms with E-state index in [0.29, 0.717) is 5.02 Å². The minimum atomic E-state index is -0.940. The van der Waals surface area contributed by atoms with Crippen LogP contribution in [0.2, 0.25) is 5.02 Å². The van der Waals surface area contributed by atoms with E-state index in [1.54, 1.807) is 18.2 Å². The number of carboxylic acids is 1. The largest absolute Gasteiger partial charge is 0.481 e. The van der Waals surface area contributed by atoms with E-state index in [1.807, 2.05) is 32.9 Å². The number of aliphatic carboxylic acids is 1. The van der Waals surface area contributed by atoms with Gasteiger partial charge in [0.15, 0.2) is 0 Å². The molecule has 0 radical (unpaired) electrons. The fourth-order valence-electron chi connectivity index (χ4n) is 1.74. The van der Waals surface area contributed by atoms with E-state index in [4.69, 9.17) is 16.7 Å². The smallest absolute Gasteiger partial charge is 0.305 e. The molecule has 5 heteroatoms. The highest BCUT2D eigenvalue weighted by molar-refractivity contribution is 6.32. The fraction of sp³-hybridized carbons (Fsp3) is 0.375. The Bertz CT molecular complexity index is 547. The Kier molecular flexibility index (Phi) is 5.97. The van der Waals surface area contributed by atoms with Gasteiger partial charge in [0.1, 0.15) is 0 Å². The quantitative estimate of drug-likeness (QED) is 0.820. The molecule has 1 amide bonds. The number of amides is 1. The minimum Gasteiger partial charge on any atom is -0.481 e. The summed E-state index contributed by atoms with van der Waals surface area (Å²) in [6.45, 7) is 5.66. The highest BCUT2D eigenvalue weighted by Crippen LogP contribution is 2.22. The highest BCUT2D eigenvalue weighted by atomic mass is 35.5. The fourth-order valence-corrected chi connectivity index (χ4v) is 1.94. The first-order valence-corrected chi connectivity index (χ1v) is 7.03. The van der Waals surface area contributed by atoms with Gasteiger partial charge in [-0.05, 0) is 23.1 Å². The van der Waals surface area contributed by atoms with Crippen LogP contribution in [0.15, 0.2) is 30.3 Å². The van der Waals surface area contributed by atoms with Crippen LogP contribution in [0.5, 0.6) is 0 Å². The Hall–Kier alpha value is -1.81. The van der Waals surface area contributed by atoms with Gasteiger partial charge in [0.25, 0.3) is 0 Å². The van der Waals surface area contributed by atoms with Crippen LogP contribution in [-0.4, -0.2) is 23.0 Å². The SMILES string of the molecule is CC(C)(C)C(CC(=O)O)NC(=O)/C=C/c1ccccc1Cl. The summed E-state index contributed by atoms with van der Waals surface area (Å²) in [7, 11) is 0. The summed E-state index contributed by atoms with van der Waals surface area (Å²) in [5, 5.41) is 12.2. The van der Waals surface area contributed by atoms with Crippen LogP contribution < -0.4 is 5.32 Å². The molecule has 4 nitrogen and oxygen atoms in total. The number of rotatable bonds is 5. The van der Waals surface area contributed by atoms with Crippen molar-refractivity contribution in [3.05, 3.63) is 40.9 Å². The molecule has 1 aromatic carbocycles. The molecule has 0 saturated carbocycles. The second kappa shape index (κ2) is 7.27. The van der Waals surface area contributed by atoms with Crippen molar-refractivity contribution in [3.63, 3.8) is 0 Å². The normalized spacial score (nSPS) is 13.1. The Morgan fingerprint density at radius 3 is 2.48 bits per heavy atom. The number of benzene rings is 1. The molecule has 0 aromatic heterocycles. The molecule has 0 aliphatic heterocycles. The Morgan fingerprint density at radius 1 is 1.33 bits per heavy atom. The van der Waals surface area contributed by atoms with Crippen molar-refractivity contribution in [1.82, 2.24) is 5.32 Å². The van der Waals surface area contributed by atoms with Gasteiger partial charge >= 0.3 is 5.97 Å². The number of hydrogen-bond acceptors (Lipinski definition) is 2. The van der Waals surface area contributed by atoms with Crippen molar-refractivity contribution in [2.45, 2.75) is 33.2 Å². The average Bonchev–Trinajstić information content (AvgIpc) is 2.35. The van der Waals surface area contributed by atoms with Crippen LogP contribution in [0, 0.1) is 5.41 Å². The predicted molar refractivity (Wildman–Crippen MR) is 84.1 cm³/mol. The van der Waals surface area contributed by atoms with Crippen molar-refractivity contribution in [3.8, 4) is 0 Å². The number of carbonyl (C=O) groups excluding carboxylic acids is 1. The Labute approximate surface area is 129 Å². The molecule has 0 fully saturated rings. The zero-order valence-electron chi connectivity index (χ0n) is 12.4. The van der Waals surface area contributed by atoms with E-state index in [-0.39, 0.29) is 17.7 Å². The lowest BCUT2D eigenvalue weighted by Crippen LogP contribution is -2.44. The topological polar surface area (TPSA) is 66.4 Å². The van der Waals surface area contributed by atoms with Crippen molar-refractivity contribution >= 4 is 29.6 Å². The third-order valence-electron chi connectivity index (χ3n) is 3.06. The van der Waals surface area contributed by atoms with E-state index < -0.39 is 12.0 Å². The summed E-state index contributed by atoms with van der Waals surface area (Å²) in [6, 6.07) is 6.72. The van der Waals surface area contributed by atoms with Crippen LogP contribution in [0.25, 0.3) is 6.08 Å². The second-order valence-corrected chi connectivity index (χ2v) is 6.29. The molecule has 1 rings (SSSR count). The van der Waals surface area contributed by atoms with Crippen LogP contribution in [-0.2, 0) is 9.59 Å². The Morgan fingerprint density at radius 2 is 1.95 bits per heavy atom. The molecule has 0 saturated heterocycles. The molecule has 0 heterocycles. The summed E-state index contributed by atoms with van der Waals surface area (Å²) in [5.74, 6) is -1.28. The predicted octanol–water partition coefficient (Wildman–Crippen LogP) is 3.36. The van der Waals surface area contributed by atoms with Crippen molar-refractivity contribution in [2.75, 3.05) is 0 Å². The third-order valence-corrected chi connectivity index (χ3v) is 3.40. The molecule has 114 valence electrons. The monoisotopic (exact) mass is 309 g/mol. The zero-order chi connectivity index (χ0) is 16.0. The van der Waals surface area contributed by atoms with Crippen molar-refractivity contribution < 1.29 is 14.7 Å². The number of nitrogens with one attached hydrogen (secondary N) is 1. The molecule has 0 bridgehead atoms. The van der Waals surface area contributed by atoms with Gasteiger partial charge in [-0.2, -0.15) is 0 Å². The molecular weight excluding hydrogens is 290 g/mol. The van der Waals surface area contributed by atoms with Gasteiger partial charge in [-0.15, -0.1) is 0 Å². The van der Waals surface area contributed by atoms with Gasteiger partial charge in [0, 0.05) is 17.1 Å². The van der Waals surface area contributed by atoms with Crippen LogP contribution in [0.1, 0.15) is 32.8 Å². The van der Waals surface area contributed by atoms with Crippen molar-refractivity contribution in [2.24, 2.45) is 5.41 Å². The van der Waals surface area contributed by atoms with E-state index >= 15 is 0 Å². The van der Waals surface area contributed by atoms with Crippen LogP contribution in [0.4, 0.5) is 0 Å².